The van der Waals surface area contributed by atoms with Crippen molar-refractivity contribution in [3.63, 3.8) is 0 Å². The minimum absolute atomic E-state index is 0.0168. The van der Waals surface area contributed by atoms with Gasteiger partial charge in [-0.25, -0.2) is 4.39 Å². The molecule has 0 saturated carbocycles. The van der Waals surface area contributed by atoms with Crippen LogP contribution in [0.5, 0.6) is 0 Å². The van der Waals surface area contributed by atoms with Gasteiger partial charge in [0.1, 0.15) is 11.6 Å². The van der Waals surface area contributed by atoms with Crippen molar-refractivity contribution in [2.45, 2.75) is 26.7 Å². The SMILES string of the molecule is Cc1cccc(NC(=O)C2CCCN(c3ccc(=O)n(-c4cccc(F)c4)n3)C2)c1C. The Morgan fingerprint density at radius 2 is 1.94 bits per heavy atom. The first-order chi connectivity index (χ1) is 14.9. The average Bonchev–Trinajstić information content (AvgIpc) is 2.77. The Hall–Kier alpha value is -3.48. The summed E-state index contributed by atoms with van der Waals surface area (Å²) in [6, 6.07) is 14.7. The zero-order valence-corrected chi connectivity index (χ0v) is 17.6. The van der Waals surface area contributed by atoms with Crippen LogP contribution in [0.4, 0.5) is 15.9 Å². The van der Waals surface area contributed by atoms with E-state index in [0.717, 1.165) is 36.2 Å². The summed E-state index contributed by atoms with van der Waals surface area (Å²) in [5.74, 6) is -0.0484. The molecular weight excluding hydrogens is 395 g/mol. The predicted octanol–water partition coefficient (Wildman–Crippen LogP) is 3.84. The van der Waals surface area contributed by atoms with Crippen molar-refractivity contribution < 1.29 is 9.18 Å². The number of hydrogen-bond acceptors (Lipinski definition) is 4. The lowest BCUT2D eigenvalue weighted by molar-refractivity contribution is -0.120. The summed E-state index contributed by atoms with van der Waals surface area (Å²) in [5.41, 5.74) is 3.06. The number of aromatic nitrogens is 2. The highest BCUT2D eigenvalue weighted by Crippen LogP contribution is 2.24. The zero-order valence-electron chi connectivity index (χ0n) is 17.6. The van der Waals surface area contributed by atoms with E-state index in [4.69, 9.17) is 0 Å². The van der Waals surface area contributed by atoms with Crippen molar-refractivity contribution in [3.05, 3.63) is 81.9 Å². The van der Waals surface area contributed by atoms with E-state index in [0.29, 0.717) is 18.1 Å². The molecule has 1 unspecified atom stereocenters. The van der Waals surface area contributed by atoms with Crippen LogP contribution in [0.25, 0.3) is 5.69 Å². The lowest BCUT2D eigenvalue weighted by atomic mass is 9.96. The van der Waals surface area contributed by atoms with E-state index in [1.165, 1.54) is 22.9 Å². The van der Waals surface area contributed by atoms with Gasteiger partial charge in [0.2, 0.25) is 5.91 Å². The topological polar surface area (TPSA) is 67.2 Å². The lowest BCUT2D eigenvalue weighted by Gasteiger charge is -2.33. The first-order valence-electron chi connectivity index (χ1n) is 10.4. The third kappa shape index (κ3) is 4.50. The molecule has 1 aliphatic rings. The first-order valence-corrected chi connectivity index (χ1v) is 10.4. The van der Waals surface area contributed by atoms with E-state index in [2.05, 4.69) is 10.4 Å². The maximum Gasteiger partial charge on any atom is 0.271 e. The number of nitrogens with one attached hydrogen (secondary N) is 1. The summed E-state index contributed by atoms with van der Waals surface area (Å²) in [6.07, 6.45) is 1.63. The van der Waals surface area contributed by atoms with Crippen LogP contribution in [0.3, 0.4) is 0 Å². The van der Waals surface area contributed by atoms with Gasteiger partial charge in [0, 0.05) is 24.8 Å². The third-order valence-electron chi connectivity index (χ3n) is 5.82. The number of aryl methyl sites for hydroxylation is 1. The fourth-order valence-electron chi connectivity index (χ4n) is 3.88. The standard InChI is InChI=1S/C24H25FN4O2/c1-16-6-3-10-21(17(16)2)26-24(31)18-7-5-13-28(15-18)22-11-12-23(30)29(27-22)20-9-4-8-19(25)14-20/h3-4,6,8-12,14,18H,5,7,13,15H2,1-2H3,(H,26,31). The van der Waals surface area contributed by atoms with Crippen LogP contribution in [0.2, 0.25) is 0 Å². The fraction of sp³-hybridized carbons (Fsp3) is 0.292. The normalized spacial score (nSPS) is 16.2. The Morgan fingerprint density at radius 1 is 1.13 bits per heavy atom. The fourth-order valence-corrected chi connectivity index (χ4v) is 3.88. The molecule has 1 saturated heterocycles. The molecule has 1 fully saturated rings. The van der Waals surface area contributed by atoms with Gasteiger partial charge in [-0.15, -0.1) is 5.10 Å². The maximum absolute atomic E-state index is 13.6. The molecule has 0 bridgehead atoms. The van der Waals surface area contributed by atoms with E-state index in [9.17, 15) is 14.0 Å². The van der Waals surface area contributed by atoms with Crippen molar-refractivity contribution in [3.8, 4) is 5.69 Å². The number of anilines is 2. The molecule has 0 aliphatic carbocycles. The van der Waals surface area contributed by atoms with Gasteiger partial charge in [-0.1, -0.05) is 18.2 Å². The van der Waals surface area contributed by atoms with Crippen LogP contribution in [-0.4, -0.2) is 28.8 Å². The number of nitrogens with zero attached hydrogens (tertiary/aromatic N) is 3. The number of benzene rings is 2. The van der Waals surface area contributed by atoms with Crippen molar-refractivity contribution in [2.75, 3.05) is 23.3 Å². The molecule has 0 radical (unpaired) electrons. The molecule has 31 heavy (non-hydrogen) atoms. The number of carbonyl (C=O) groups excluding carboxylic acids is 1. The first kappa shape index (κ1) is 20.8. The number of rotatable bonds is 4. The summed E-state index contributed by atoms with van der Waals surface area (Å²) in [7, 11) is 0. The van der Waals surface area contributed by atoms with Crippen LogP contribution in [0.1, 0.15) is 24.0 Å². The van der Waals surface area contributed by atoms with E-state index >= 15 is 0 Å². The quantitative estimate of drug-likeness (QED) is 0.696. The van der Waals surface area contributed by atoms with Crippen molar-refractivity contribution in [2.24, 2.45) is 5.92 Å². The van der Waals surface area contributed by atoms with Gasteiger partial charge in [0.15, 0.2) is 0 Å². The van der Waals surface area contributed by atoms with E-state index < -0.39 is 5.82 Å². The summed E-state index contributed by atoms with van der Waals surface area (Å²) < 4.78 is 14.8. The van der Waals surface area contributed by atoms with Crippen LogP contribution in [0, 0.1) is 25.6 Å². The molecule has 1 amide bonds. The number of hydrogen-bond donors (Lipinski definition) is 1. The number of halogens is 1. The molecular formula is C24H25FN4O2. The highest BCUT2D eigenvalue weighted by atomic mass is 19.1. The van der Waals surface area contributed by atoms with Gasteiger partial charge < -0.3 is 10.2 Å². The zero-order chi connectivity index (χ0) is 22.0. The summed E-state index contributed by atoms with van der Waals surface area (Å²) in [4.78, 5) is 27.2. The molecule has 6 nitrogen and oxygen atoms in total. The predicted molar refractivity (Wildman–Crippen MR) is 119 cm³/mol. The highest BCUT2D eigenvalue weighted by Gasteiger charge is 2.27. The average molecular weight is 420 g/mol. The molecule has 160 valence electrons. The summed E-state index contributed by atoms with van der Waals surface area (Å²) in [5, 5.41) is 7.50. The van der Waals surface area contributed by atoms with Gasteiger partial charge in [-0.05, 0) is 68.1 Å². The molecule has 7 heteroatoms. The number of piperidine rings is 1. The highest BCUT2D eigenvalue weighted by molar-refractivity contribution is 5.93. The Bertz CT molecular complexity index is 1170. The molecule has 1 atom stereocenters. The van der Waals surface area contributed by atoms with Gasteiger partial charge in [0.25, 0.3) is 5.56 Å². The second-order valence-electron chi connectivity index (χ2n) is 7.94. The Morgan fingerprint density at radius 3 is 2.74 bits per heavy atom. The molecule has 1 N–H and O–H groups in total. The Labute approximate surface area is 180 Å². The van der Waals surface area contributed by atoms with Crippen LogP contribution in [0.15, 0.2) is 59.4 Å². The van der Waals surface area contributed by atoms with Crippen molar-refractivity contribution in [1.29, 1.82) is 0 Å². The van der Waals surface area contributed by atoms with Crippen LogP contribution >= 0.6 is 0 Å². The number of carbonyl (C=O) groups is 1. The van der Waals surface area contributed by atoms with E-state index in [-0.39, 0.29) is 17.4 Å². The molecule has 0 spiro atoms. The molecule has 2 aromatic carbocycles. The van der Waals surface area contributed by atoms with Gasteiger partial charge in [0.05, 0.1) is 11.6 Å². The van der Waals surface area contributed by atoms with Gasteiger partial charge in [-0.3, -0.25) is 9.59 Å². The van der Waals surface area contributed by atoms with E-state index in [1.54, 1.807) is 18.2 Å². The van der Waals surface area contributed by atoms with Crippen molar-refractivity contribution in [1.82, 2.24) is 9.78 Å². The Balaban J connectivity index is 1.53. The van der Waals surface area contributed by atoms with Gasteiger partial charge >= 0.3 is 0 Å². The second kappa shape index (κ2) is 8.71. The maximum atomic E-state index is 13.6. The minimum atomic E-state index is -0.433. The molecule has 1 aromatic heterocycles. The second-order valence-corrected chi connectivity index (χ2v) is 7.94. The number of amides is 1. The van der Waals surface area contributed by atoms with Crippen molar-refractivity contribution >= 4 is 17.4 Å². The van der Waals surface area contributed by atoms with Crippen LogP contribution in [-0.2, 0) is 4.79 Å². The van der Waals surface area contributed by atoms with Gasteiger partial charge in [-0.2, -0.15) is 4.68 Å². The molecule has 4 rings (SSSR count). The molecule has 1 aliphatic heterocycles. The molecule has 2 heterocycles. The smallest absolute Gasteiger partial charge is 0.271 e. The summed E-state index contributed by atoms with van der Waals surface area (Å²) in [6.45, 7) is 5.26. The Kier molecular flexibility index (Phi) is 5.84. The largest absolute Gasteiger partial charge is 0.354 e. The van der Waals surface area contributed by atoms with Crippen LogP contribution < -0.4 is 15.8 Å². The minimum Gasteiger partial charge on any atom is -0.354 e. The lowest BCUT2D eigenvalue weighted by Crippen LogP contribution is -2.42. The van der Waals surface area contributed by atoms with E-state index in [1.807, 2.05) is 36.9 Å². The molecule has 3 aromatic rings. The monoisotopic (exact) mass is 420 g/mol. The third-order valence-corrected chi connectivity index (χ3v) is 5.82. The summed E-state index contributed by atoms with van der Waals surface area (Å²) >= 11 is 0.